The van der Waals surface area contributed by atoms with E-state index in [0.717, 1.165) is 12.8 Å². The van der Waals surface area contributed by atoms with Crippen molar-refractivity contribution in [1.29, 1.82) is 0 Å². The smallest absolute Gasteiger partial charge is 0.364 e. The van der Waals surface area contributed by atoms with E-state index in [0.29, 0.717) is 51.6 Å². The molecule has 5 atom stereocenters. The van der Waals surface area contributed by atoms with Gasteiger partial charge in [0, 0.05) is 18.8 Å². The second-order valence-corrected chi connectivity index (χ2v) is 9.08. The van der Waals surface area contributed by atoms with Gasteiger partial charge in [0.05, 0.1) is 18.8 Å². The van der Waals surface area contributed by atoms with Gasteiger partial charge in [-0.05, 0) is 63.4 Å². The van der Waals surface area contributed by atoms with Gasteiger partial charge in [0.25, 0.3) is 0 Å². The van der Waals surface area contributed by atoms with Gasteiger partial charge in [-0.15, -0.1) is 0 Å². The second kappa shape index (κ2) is 15.1. The molecule has 1 aromatic rings. The Morgan fingerprint density at radius 2 is 1.94 bits per heavy atom. The fourth-order valence-electron chi connectivity index (χ4n) is 4.62. The Balaban J connectivity index is 1.84. The van der Waals surface area contributed by atoms with Crippen LogP contribution >= 0.6 is 12.6 Å². The van der Waals surface area contributed by atoms with Crippen LogP contribution in [-0.4, -0.2) is 46.4 Å². The number of rotatable bonds is 14. The van der Waals surface area contributed by atoms with E-state index in [-0.39, 0.29) is 23.9 Å². The average Bonchev–Trinajstić information content (AvgIpc) is 3.07. The maximum atomic E-state index is 11.4. The third-order valence-corrected chi connectivity index (χ3v) is 6.43. The summed E-state index contributed by atoms with van der Waals surface area (Å²) in [6, 6.07) is 10.1. The Morgan fingerprint density at radius 3 is 2.64 bits per heavy atom. The van der Waals surface area contributed by atoms with Crippen molar-refractivity contribution in [3.63, 3.8) is 0 Å². The number of carbonyl (C=O) groups excluding carboxylic acids is 2. The number of ether oxygens (including phenoxy) is 2. The molecule has 0 aliphatic heterocycles. The molecule has 2 N–H and O–H groups in total. The predicted octanol–water partition coefficient (Wildman–Crippen LogP) is 4.87. The Morgan fingerprint density at radius 1 is 1.18 bits per heavy atom. The fourth-order valence-corrected chi connectivity index (χ4v) is 4.76. The number of thiol groups is 1. The summed E-state index contributed by atoms with van der Waals surface area (Å²) in [6.45, 7) is 2.19. The van der Waals surface area contributed by atoms with Gasteiger partial charge in [-0.25, -0.2) is 4.79 Å². The van der Waals surface area contributed by atoms with Crippen molar-refractivity contribution in [3.8, 4) is 0 Å². The van der Waals surface area contributed by atoms with Crippen molar-refractivity contribution in [2.24, 2.45) is 11.8 Å². The standard InChI is InChI=1S/C26H38O6S/c1-2-31-25(29)13-9-4-3-8-12-22-21(23(28)18-24(22)32-26(30)33)17-16-20(27)15-14-19-10-6-5-7-11-19/h3,5-8,10-11,20-24,27-28H,2,4,9,12-18H2,1H3,(H,30,33)/b8-3-/t20-,21+,22+,23+,24-/m0/s1. The first-order valence-corrected chi connectivity index (χ1v) is 12.5. The van der Waals surface area contributed by atoms with Gasteiger partial charge in [-0.1, -0.05) is 55.1 Å². The Labute approximate surface area is 202 Å². The van der Waals surface area contributed by atoms with Crippen molar-refractivity contribution in [1.82, 2.24) is 0 Å². The molecule has 0 saturated heterocycles. The zero-order valence-corrected chi connectivity index (χ0v) is 20.4. The van der Waals surface area contributed by atoms with Crippen LogP contribution in [0.5, 0.6) is 0 Å². The van der Waals surface area contributed by atoms with Gasteiger partial charge in [0.15, 0.2) is 0 Å². The van der Waals surface area contributed by atoms with E-state index >= 15 is 0 Å². The van der Waals surface area contributed by atoms with Crippen molar-refractivity contribution in [3.05, 3.63) is 48.0 Å². The highest BCUT2D eigenvalue weighted by Crippen LogP contribution is 2.40. The van der Waals surface area contributed by atoms with E-state index < -0.39 is 17.5 Å². The lowest BCUT2D eigenvalue weighted by Gasteiger charge is -2.25. The number of aliphatic hydroxyl groups is 2. The molecule has 0 radical (unpaired) electrons. The van der Waals surface area contributed by atoms with Crippen molar-refractivity contribution < 1.29 is 29.3 Å². The van der Waals surface area contributed by atoms with E-state index in [9.17, 15) is 19.8 Å². The second-order valence-electron chi connectivity index (χ2n) is 8.71. The number of allylic oxidation sites excluding steroid dienone is 2. The lowest BCUT2D eigenvalue weighted by molar-refractivity contribution is -0.143. The lowest BCUT2D eigenvalue weighted by atomic mass is 9.85. The molecule has 0 spiro atoms. The van der Waals surface area contributed by atoms with Gasteiger partial charge in [-0.3, -0.25) is 4.79 Å². The largest absolute Gasteiger partial charge is 0.466 e. The van der Waals surface area contributed by atoms with Crippen LogP contribution in [0.2, 0.25) is 0 Å². The molecule has 1 fully saturated rings. The molecule has 0 unspecified atom stereocenters. The Kier molecular flexibility index (Phi) is 12.6. The number of esters is 1. The molecule has 7 heteroatoms. The van der Waals surface area contributed by atoms with Crippen molar-refractivity contribution in [2.75, 3.05) is 6.61 Å². The van der Waals surface area contributed by atoms with Crippen LogP contribution in [0.25, 0.3) is 0 Å². The maximum absolute atomic E-state index is 11.4. The fraction of sp³-hybridized carbons (Fsp3) is 0.615. The maximum Gasteiger partial charge on any atom is 0.364 e. The summed E-state index contributed by atoms with van der Waals surface area (Å²) >= 11 is 3.75. The Hall–Kier alpha value is -1.83. The summed E-state index contributed by atoms with van der Waals surface area (Å²) in [5.74, 6) is -0.270. The highest BCUT2D eigenvalue weighted by atomic mass is 32.1. The predicted molar refractivity (Wildman–Crippen MR) is 131 cm³/mol. The Bertz CT molecular complexity index is 738. The molecular weight excluding hydrogens is 440 g/mol. The van der Waals surface area contributed by atoms with E-state index in [1.165, 1.54) is 5.56 Å². The first kappa shape index (κ1) is 27.4. The molecular formula is C26H38O6S. The number of aliphatic hydroxyl groups excluding tert-OH is 2. The summed E-state index contributed by atoms with van der Waals surface area (Å²) < 4.78 is 10.3. The minimum atomic E-state index is -0.640. The topological polar surface area (TPSA) is 93.1 Å². The number of aryl methyl sites for hydroxylation is 1. The molecule has 1 saturated carbocycles. The molecule has 0 aromatic heterocycles. The summed E-state index contributed by atoms with van der Waals surface area (Å²) in [6.07, 6.45) is 8.31. The summed E-state index contributed by atoms with van der Waals surface area (Å²) in [5, 5.41) is 20.5. The van der Waals surface area contributed by atoms with Crippen LogP contribution in [0.4, 0.5) is 4.79 Å². The molecule has 0 heterocycles. The molecule has 33 heavy (non-hydrogen) atoms. The van der Waals surface area contributed by atoms with Crippen LogP contribution in [0.3, 0.4) is 0 Å². The third kappa shape index (κ3) is 10.3. The van der Waals surface area contributed by atoms with Crippen molar-refractivity contribution in [2.45, 2.75) is 83.0 Å². The zero-order valence-electron chi connectivity index (χ0n) is 19.5. The number of unbranched alkanes of at least 4 members (excludes halogenated alkanes) is 1. The summed E-state index contributed by atoms with van der Waals surface area (Å²) in [4.78, 5) is 22.8. The van der Waals surface area contributed by atoms with E-state index in [2.05, 4.69) is 24.8 Å². The molecule has 184 valence electrons. The molecule has 1 aliphatic rings. The van der Waals surface area contributed by atoms with Crippen LogP contribution in [0, 0.1) is 11.8 Å². The van der Waals surface area contributed by atoms with Crippen LogP contribution in [0.1, 0.15) is 63.9 Å². The first-order chi connectivity index (χ1) is 15.9. The molecule has 1 aromatic carbocycles. The quantitative estimate of drug-likeness (QED) is 0.153. The van der Waals surface area contributed by atoms with Crippen molar-refractivity contribution >= 4 is 23.9 Å². The SMILES string of the molecule is CCOC(=O)CCC/C=C\C[C@@H]1[C@@H](CC[C@@H](O)CCc2ccccc2)[C@H](O)C[C@@H]1OC(=O)S. The third-order valence-electron chi connectivity index (χ3n) is 6.32. The first-order valence-electron chi connectivity index (χ1n) is 12.0. The zero-order chi connectivity index (χ0) is 24.1. The highest BCUT2D eigenvalue weighted by molar-refractivity contribution is 7.96. The van der Waals surface area contributed by atoms with Gasteiger partial charge in [0.2, 0.25) is 0 Å². The average molecular weight is 479 g/mol. The highest BCUT2D eigenvalue weighted by Gasteiger charge is 2.43. The molecule has 0 amide bonds. The minimum absolute atomic E-state index is 0.0290. The summed E-state index contributed by atoms with van der Waals surface area (Å²) in [5.41, 5.74) is 1.20. The van der Waals surface area contributed by atoms with Crippen LogP contribution in [0.15, 0.2) is 42.5 Å². The molecule has 1 aliphatic carbocycles. The van der Waals surface area contributed by atoms with Gasteiger partial charge >= 0.3 is 11.3 Å². The number of carbonyl (C=O) groups is 2. The monoisotopic (exact) mass is 478 g/mol. The van der Waals surface area contributed by atoms with E-state index in [1.807, 2.05) is 30.4 Å². The normalized spacial score (nSPS) is 23.5. The molecule has 0 bridgehead atoms. The minimum Gasteiger partial charge on any atom is -0.466 e. The van der Waals surface area contributed by atoms with Crippen LogP contribution < -0.4 is 0 Å². The van der Waals surface area contributed by atoms with Gasteiger partial charge in [0.1, 0.15) is 6.10 Å². The van der Waals surface area contributed by atoms with E-state index in [4.69, 9.17) is 9.47 Å². The van der Waals surface area contributed by atoms with E-state index in [1.54, 1.807) is 6.92 Å². The number of hydrogen-bond acceptors (Lipinski definition) is 6. The number of hydrogen-bond donors (Lipinski definition) is 3. The lowest BCUT2D eigenvalue weighted by Crippen LogP contribution is -2.25. The summed E-state index contributed by atoms with van der Waals surface area (Å²) in [7, 11) is 0. The van der Waals surface area contributed by atoms with Gasteiger partial charge < -0.3 is 19.7 Å². The number of benzene rings is 1. The molecule has 2 rings (SSSR count). The van der Waals surface area contributed by atoms with Gasteiger partial charge in [-0.2, -0.15) is 0 Å². The molecule has 6 nitrogen and oxygen atoms in total. The van der Waals surface area contributed by atoms with Crippen LogP contribution in [-0.2, 0) is 20.7 Å².